The van der Waals surface area contributed by atoms with Crippen molar-refractivity contribution in [2.24, 2.45) is 0 Å². The molecule has 5 heteroatoms. The van der Waals surface area contributed by atoms with E-state index >= 15 is 0 Å². The van der Waals surface area contributed by atoms with Gasteiger partial charge in [-0.05, 0) is 29.8 Å². The van der Waals surface area contributed by atoms with Gasteiger partial charge in [0.2, 0.25) is 5.91 Å². The number of carbonyl (C=O) groups is 1. The van der Waals surface area contributed by atoms with E-state index < -0.39 is 5.82 Å². The van der Waals surface area contributed by atoms with Crippen LogP contribution in [0.1, 0.15) is 5.56 Å². The Hall–Kier alpha value is -2.56. The third-order valence-electron chi connectivity index (χ3n) is 2.75. The van der Waals surface area contributed by atoms with Crippen LogP contribution in [-0.4, -0.2) is 13.0 Å². The van der Waals surface area contributed by atoms with Crippen LogP contribution < -0.4 is 15.8 Å². The minimum Gasteiger partial charge on any atom is -0.494 e. The highest BCUT2D eigenvalue weighted by Gasteiger charge is 2.09. The van der Waals surface area contributed by atoms with Crippen molar-refractivity contribution in [2.45, 2.75) is 6.42 Å². The lowest BCUT2D eigenvalue weighted by molar-refractivity contribution is -0.115. The molecule has 0 atom stereocenters. The number of carbonyl (C=O) groups excluding carboxylic acids is 1. The number of benzene rings is 2. The van der Waals surface area contributed by atoms with Gasteiger partial charge in [-0.2, -0.15) is 0 Å². The van der Waals surface area contributed by atoms with Crippen molar-refractivity contribution in [1.82, 2.24) is 0 Å². The Morgan fingerprint density at radius 3 is 2.80 bits per heavy atom. The fourth-order valence-corrected chi connectivity index (χ4v) is 1.85. The number of ether oxygens (including phenoxy) is 1. The molecule has 0 radical (unpaired) electrons. The van der Waals surface area contributed by atoms with Gasteiger partial charge in [-0.1, -0.05) is 12.1 Å². The summed E-state index contributed by atoms with van der Waals surface area (Å²) in [5.74, 6) is -0.359. The smallest absolute Gasteiger partial charge is 0.228 e. The Morgan fingerprint density at radius 1 is 1.30 bits per heavy atom. The van der Waals surface area contributed by atoms with Crippen LogP contribution in [0, 0.1) is 5.82 Å². The third kappa shape index (κ3) is 3.47. The number of hydrogen-bond donors (Lipinski definition) is 2. The minimum absolute atomic E-state index is 0.186. The van der Waals surface area contributed by atoms with Crippen LogP contribution in [0.4, 0.5) is 15.8 Å². The largest absolute Gasteiger partial charge is 0.494 e. The summed E-state index contributed by atoms with van der Waals surface area (Å²) in [7, 11) is 1.42. The van der Waals surface area contributed by atoms with Crippen molar-refractivity contribution in [2.75, 3.05) is 18.2 Å². The molecule has 2 aromatic rings. The topological polar surface area (TPSA) is 64.3 Å². The molecule has 2 aromatic carbocycles. The van der Waals surface area contributed by atoms with Gasteiger partial charge >= 0.3 is 0 Å². The molecule has 0 aliphatic rings. The van der Waals surface area contributed by atoms with Gasteiger partial charge in [0.15, 0.2) is 0 Å². The number of nitrogens with two attached hydrogens (primary N) is 1. The molecular formula is C15H15FN2O2. The second-order valence-corrected chi connectivity index (χ2v) is 4.31. The third-order valence-corrected chi connectivity index (χ3v) is 2.75. The number of nitrogen functional groups attached to an aromatic ring is 1. The summed E-state index contributed by atoms with van der Waals surface area (Å²) in [5, 5.41) is 2.69. The maximum absolute atomic E-state index is 13.1. The monoisotopic (exact) mass is 274 g/mol. The SMILES string of the molecule is COc1cc(F)ccc1NC(=O)Cc1cccc(N)c1. The molecule has 1 amide bonds. The zero-order chi connectivity index (χ0) is 14.5. The Balaban J connectivity index is 2.08. The fourth-order valence-electron chi connectivity index (χ4n) is 1.85. The van der Waals surface area contributed by atoms with Crippen LogP contribution in [0.5, 0.6) is 5.75 Å². The molecule has 0 saturated heterocycles. The molecule has 0 aliphatic heterocycles. The van der Waals surface area contributed by atoms with Gasteiger partial charge in [-0.15, -0.1) is 0 Å². The molecule has 0 bridgehead atoms. The first-order valence-corrected chi connectivity index (χ1v) is 6.06. The van der Waals surface area contributed by atoms with Gasteiger partial charge in [-0.25, -0.2) is 4.39 Å². The van der Waals surface area contributed by atoms with Crippen LogP contribution in [0.2, 0.25) is 0 Å². The van der Waals surface area contributed by atoms with Crippen molar-refractivity contribution < 1.29 is 13.9 Å². The number of hydrogen-bond acceptors (Lipinski definition) is 3. The van der Waals surface area contributed by atoms with Gasteiger partial charge in [0.25, 0.3) is 0 Å². The second kappa shape index (κ2) is 6.06. The average molecular weight is 274 g/mol. The number of methoxy groups -OCH3 is 1. The van der Waals surface area contributed by atoms with E-state index in [2.05, 4.69) is 5.32 Å². The van der Waals surface area contributed by atoms with E-state index in [0.717, 1.165) is 5.56 Å². The predicted octanol–water partition coefficient (Wildman–Crippen LogP) is 2.60. The lowest BCUT2D eigenvalue weighted by atomic mass is 10.1. The number of rotatable bonds is 4. The molecule has 2 rings (SSSR count). The first-order valence-electron chi connectivity index (χ1n) is 6.06. The van der Waals surface area contributed by atoms with E-state index in [1.54, 1.807) is 18.2 Å². The maximum Gasteiger partial charge on any atom is 0.228 e. The zero-order valence-corrected chi connectivity index (χ0v) is 11.0. The second-order valence-electron chi connectivity index (χ2n) is 4.31. The van der Waals surface area contributed by atoms with Crippen LogP contribution in [0.3, 0.4) is 0 Å². The van der Waals surface area contributed by atoms with Gasteiger partial charge in [-0.3, -0.25) is 4.79 Å². The summed E-state index contributed by atoms with van der Waals surface area (Å²) in [5.41, 5.74) is 7.50. The summed E-state index contributed by atoms with van der Waals surface area (Å²) in [4.78, 5) is 11.9. The molecule has 3 N–H and O–H groups in total. The van der Waals surface area contributed by atoms with Gasteiger partial charge < -0.3 is 15.8 Å². The minimum atomic E-state index is -0.421. The van der Waals surface area contributed by atoms with Crippen molar-refractivity contribution >= 4 is 17.3 Å². The van der Waals surface area contributed by atoms with E-state index in [9.17, 15) is 9.18 Å². The zero-order valence-electron chi connectivity index (χ0n) is 11.0. The number of anilines is 2. The molecule has 0 fully saturated rings. The van der Waals surface area contributed by atoms with Gasteiger partial charge in [0.05, 0.1) is 19.2 Å². The van der Waals surface area contributed by atoms with Gasteiger partial charge in [0.1, 0.15) is 11.6 Å². The molecular weight excluding hydrogens is 259 g/mol. The highest BCUT2D eigenvalue weighted by atomic mass is 19.1. The average Bonchev–Trinajstić information content (AvgIpc) is 2.40. The summed E-state index contributed by atoms with van der Waals surface area (Å²) < 4.78 is 18.1. The molecule has 20 heavy (non-hydrogen) atoms. The highest BCUT2D eigenvalue weighted by Crippen LogP contribution is 2.25. The van der Waals surface area contributed by atoms with E-state index in [-0.39, 0.29) is 18.1 Å². The summed E-state index contributed by atoms with van der Waals surface area (Å²) in [6.45, 7) is 0. The molecule has 0 unspecified atom stereocenters. The van der Waals surface area contributed by atoms with E-state index in [4.69, 9.17) is 10.5 Å². The number of halogens is 1. The molecule has 0 aromatic heterocycles. The molecule has 0 heterocycles. The summed E-state index contributed by atoms with van der Waals surface area (Å²) in [6.07, 6.45) is 0.186. The molecule has 104 valence electrons. The fraction of sp³-hybridized carbons (Fsp3) is 0.133. The van der Waals surface area contributed by atoms with Crippen LogP contribution in [0.25, 0.3) is 0 Å². The Morgan fingerprint density at radius 2 is 2.10 bits per heavy atom. The number of amides is 1. The quantitative estimate of drug-likeness (QED) is 0.842. The van der Waals surface area contributed by atoms with E-state index in [1.165, 1.54) is 25.3 Å². The first kappa shape index (κ1) is 13.9. The summed E-state index contributed by atoms with van der Waals surface area (Å²) in [6, 6.07) is 11.0. The van der Waals surface area contributed by atoms with E-state index in [0.29, 0.717) is 11.4 Å². The standard InChI is InChI=1S/C15H15FN2O2/c1-20-14-9-11(16)5-6-13(14)18-15(19)8-10-3-2-4-12(17)7-10/h2-7,9H,8,17H2,1H3,(H,18,19). The molecule has 0 aliphatic carbocycles. The van der Waals surface area contributed by atoms with Gasteiger partial charge in [0, 0.05) is 11.8 Å². The van der Waals surface area contributed by atoms with E-state index in [1.807, 2.05) is 6.07 Å². The van der Waals surface area contributed by atoms with Crippen LogP contribution in [0.15, 0.2) is 42.5 Å². The summed E-state index contributed by atoms with van der Waals surface area (Å²) >= 11 is 0. The van der Waals surface area contributed by atoms with Crippen molar-refractivity contribution in [3.63, 3.8) is 0 Å². The van der Waals surface area contributed by atoms with Crippen molar-refractivity contribution in [3.05, 3.63) is 53.8 Å². The Labute approximate surface area is 116 Å². The lowest BCUT2D eigenvalue weighted by Crippen LogP contribution is -2.15. The normalized spacial score (nSPS) is 10.1. The van der Waals surface area contributed by atoms with Crippen molar-refractivity contribution in [3.8, 4) is 5.75 Å². The van der Waals surface area contributed by atoms with Crippen LogP contribution >= 0.6 is 0 Å². The van der Waals surface area contributed by atoms with Crippen LogP contribution in [-0.2, 0) is 11.2 Å². The Bertz CT molecular complexity index is 629. The first-order chi connectivity index (χ1) is 9.58. The predicted molar refractivity (Wildman–Crippen MR) is 76.1 cm³/mol. The van der Waals surface area contributed by atoms with Crippen molar-refractivity contribution in [1.29, 1.82) is 0 Å². The molecule has 0 saturated carbocycles. The maximum atomic E-state index is 13.1. The lowest BCUT2D eigenvalue weighted by Gasteiger charge is -2.10. The number of nitrogens with one attached hydrogen (secondary N) is 1. The molecule has 4 nitrogen and oxygen atoms in total. The highest BCUT2D eigenvalue weighted by molar-refractivity contribution is 5.93. The molecule has 0 spiro atoms. The Kier molecular flexibility index (Phi) is 4.20.